The Morgan fingerprint density at radius 2 is 0.561 bits per heavy atom. The summed E-state index contributed by atoms with van der Waals surface area (Å²) in [4.78, 5) is 7.76. The second-order valence-electron chi connectivity index (χ2n) is 35.9. The SMILES string of the molecule is CC1(C)B2c3ccccc3-c3ccccc3N2c2ccc(-c3cccc(-c4ccc5ccccc5c4)c3)cc21.CC1(C)B2c3ccccc3-c3ccccc3N2c2ccc(-c3cccc(-c4cccc5c4oc4ccccc45)c3)cc21.CC1(C)B2c3ccccc3-c3ccccc3N2c2ccc(-c3cccc(-c4cccc5c4sc4ccccc45)c3)cc21. The number of rotatable bonds is 6. The molecule has 123 heavy (non-hydrogen) atoms. The van der Waals surface area contributed by atoms with Crippen molar-refractivity contribution in [3.8, 4) is 100 Å². The van der Waals surface area contributed by atoms with Crippen LogP contribution in [0.25, 0.3) is 153 Å². The van der Waals surface area contributed by atoms with Gasteiger partial charge >= 0.3 is 20.5 Å². The molecular weight excluding hydrogens is 1500 g/mol. The van der Waals surface area contributed by atoms with Gasteiger partial charge in [-0.05, 0) is 229 Å². The largest absolute Gasteiger partial charge is 0.455 e. The average molecular weight is 1590 g/mol. The van der Waals surface area contributed by atoms with Gasteiger partial charge < -0.3 is 18.8 Å². The molecule has 8 heterocycles. The van der Waals surface area contributed by atoms with E-state index in [4.69, 9.17) is 4.42 Å². The molecule has 8 heteroatoms. The van der Waals surface area contributed by atoms with Crippen molar-refractivity contribution in [1.29, 1.82) is 0 Å². The lowest BCUT2D eigenvalue weighted by molar-refractivity contribution is 0.670. The van der Waals surface area contributed by atoms with Crippen molar-refractivity contribution in [2.24, 2.45) is 0 Å². The molecule has 0 N–H and O–H groups in total. The Bertz CT molecular complexity index is 7460. The monoisotopic (exact) mass is 1590 g/mol. The lowest BCUT2D eigenvalue weighted by Crippen LogP contribution is -2.55. The maximum atomic E-state index is 6.38. The van der Waals surface area contributed by atoms with E-state index in [-0.39, 0.29) is 36.5 Å². The smallest absolute Gasteiger partial charge is 0.304 e. The summed E-state index contributed by atoms with van der Waals surface area (Å²) >= 11 is 1.90. The number of furan rings is 1. The minimum atomic E-state index is -0.0769. The lowest BCUT2D eigenvalue weighted by Gasteiger charge is -2.38. The highest BCUT2D eigenvalue weighted by atomic mass is 32.1. The highest BCUT2D eigenvalue weighted by Crippen LogP contribution is 2.57. The molecular formula is C115H84B3N3OS. The Labute approximate surface area is 723 Å². The molecule has 0 spiro atoms. The molecule has 0 saturated carbocycles. The predicted molar refractivity (Wildman–Crippen MR) is 527 cm³/mol. The predicted octanol–water partition coefficient (Wildman–Crippen LogP) is 29.0. The molecule has 6 aliphatic rings. The van der Waals surface area contributed by atoms with Crippen LogP contribution in [0.15, 0.2) is 405 Å². The van der Waals surface area contributed by atoms with Crippen molar-refractivity contribution in [2.75, 3.05) is 14.4 Å². The standard InChI is InChI=1S/C39H28BNO.C39H28BNS.C37H28BN/c2*1-39(2)33-24-26(21-22-36(33)41-35-19-7-4-14-30(35)29-13-3-6-18-34(29)40(39)41)25-11-9-12-27(23-25)28-16-10-17-32-31-15-5-8-20-37(31)42-38(28)32;1-37(2)33-24-30(28-13-9-12-27(23-28)29-19-18-25-10-3-4-11-26(25)22-29)20-21-36(33)39-35-17-8-6-15-32(35)31-14-5-7-16-34(31)38(37)39/h2*3-24H,1-2H3;3-24H,1-2H3. The van der Waals surface area contributed by atoms with Gasteiger partial charge in [0, 0.05) is 87.3 Å². The van der Waals surface area contributed by atoms with E-state index >= 15 is 0 Å². The maximum absolute atomic E-state index is 6.38. The molecule has 4 nitrogen and oxygen atoms in total. The van der Waals surface area contributed by atoms with E-state index in [1.807, 2.05) is 23.5 Å². The second kappa shape index (κ2) is 28.0. The second-order valence-corrected chi connectivity index (χ2v) is 36.9. The van der Waals surface area contributed by atoms with Gasteiger partial charge in [-0.25, -0.2) is 0 Å². The highest BCUT2D eigenvalue weighted by Gasteiger charge is 2.56. The van der Waals surface area contributed by atoms with Gasteiger partial charge in [0.1, 0.15) is 11.2 Å². The maximum Gasteiger partial charge on any atom is 0.304 e. The summed E-state index contributed by atoms with van der Waals surface area (Å²) in [5.41, 5.74) is 41.1. The van der Waals surface area contributed by atoms with Crippen LogP contribution in [0.3, 0.4) is 0 Å². The first-order valence-electron chi connectivity index (χ1n) is 43.3. The summed E-state index contributed by atoms with van der Waals surface area (Å²) in [6.07, 6.45) is 0. The van der Waals surface area contributed by atoms with Gasteiger partial charge in [-0.2, -0.15) is 0 Å². The van der Waals surface area contributed by atoms with Gasteiger partial charge in [-0.1, -0.05) is 351 Å². The van der Waals surface area contributed by atoms with Crippen molar-refractivity contribution in [2.45, 2.75) is 57.5 Å². The molecule has 2 aromatic heterocycles. The minimum Gasteiger partial charge on any atom is -0.455 e. The summed E-state index contributed by atoms with van der Waals surface area (Å²) in [7, 11) is 0. The number of hydrogen-bond acceptors (Lipinski definition) is 5. The van der Waals surface area contributed by atoms with Gasteiger partial charge in [-0.15, -0.1) is 11.3 Å². The van der Waals surface area contributed by atoms with Gasteiger partial charge in [-0.3, -0.25) is 0 Å². The first-order chi connectivity index (χ1) is 60.3. The van der Waals surface area contributed by atoms with Crippen LogP contribution in [0.1, 0.15) is 58.2 Å². The molecule has 0 fully saturated rings. The fourth-order valence-electron chi connectivity index (χ4n) is 22.1. The van der Waals surface area contributed by atoms with Crippen molar-refractivity contribution in [1.82, 2.24) is 0 Å². The van der Waals surface area contributed by atoms with Gasteiger partial charge in [0.05, 0.1) is 0 Å². The van der Waals surface area contributed by atoms with Crippen LogP contribution < -0.4 is 30.8 Å². The van der Waals surface area contributed by atoms with Crippen molar-refractivity contribution < 1.29 is 4.42 Å². The molecule has 18 aromatic carbocycles. The lowest BCUT2D eigenvalue weighted by atomic mass is 9.37. The van der Waals surface area contributed by atoms with Gasteiger partial charge in [0.25, 0.3) is 0 Å². The zero-order valence-electron chi connectivity index (χ0n) is 69.5. The molecule has 6 aliphatic heterocycles. The van der Waals surface area contributed by atoms with E-state index in [1.54, 1.807) is 0 Å². The average Bonchev–Trinajstić information content (AvgIpc) is 1.55. The third kappa shape index (κ3) is 11.3. The van der Waals surface area contributed by atoms with Crippen LogP contribution in [-0.4, -0.2) is 20.5 Å². The first-order valence-corrected chi connectivity index (χ1v) is 44.1. The van der Waals surface area contributed by atoms with Crippen LogP contribution in [0.2, 0.25) is 0 Å². The Balaban J connectivity index is 0.000000104. The van der Waals surface area contributed by atoms with E-state index in [1.165, 1.54) is 187 Å². The summed E-state index contributed by atoms with van der Waals surface area (Å²) in [6.45, 7) is 15.2. The molecule has 580 valence electrons. The topological polar surface area (TPSA) is 22.9 Å². The first kappa shape index (κ1) is 72.8. The van der Waals surface area contributed by atoms with Crippen LogP contribution in [0.5, 0.6) is 0 Å². The number of para-hydroxylation sites is 5. The van der Waals surface area contributed by atoms with Crippen LogP contribution in [0.4, 0.5) is 34.1 Å². The number of hydrogen-bond donors (Lipinski definition) is 0. The van der Waals surface area contributed by atoms with Crippen molar-refractivity contribution in [3.63, 3.8) is 0 Å². The van der Waals surface area contributed by atoms with Crippen LogP contribution in [-0.2, 0) is 15.9 Å². The molecule has 26 rings (SSSR count). The van der Waals surface area contributed by atoms with Crippen molar-refractivity contribution in [3.05, 3.63) is 417 Å². The van der Waals surface area contributed by atoms with Crippen molar-refractivity contribution >= 4 is 135 Å². The Hall–Kier alpha value is -14.2. The summed E-state index contributed by atoms with van der Waals surface area (Å²) < 4.78 is 9.08. The minimum absolute atomic E-state index is 0.0507. The van der Waals surface area contributed by atoms with E-state index < -0.39 is 0 Å². The number of anilines is 6. The molecule has 0 amide bonds. The third-order valence-corrected chi connectivity index (χ3v) is 29.1. The van der Waals surface area contributed by atoms with Gasteiger partial charge in [0.15, 0.2) is 0 Å². The molecule has 0 aliphatic carbocycles. The van der Waals surface area contributed by atoms with Crippen LogP contribution in [0, 0.1) is 0 Å². The van der Waals surface area contributed by atoms with E-state index in [9.17, 15) is 0 Å². The summed E-state index contributed by atoms with van der Waals surface area (Å²) in [5, 5.41) is 7.36. The molecule has 0 radical (unpaired) electrons. The molecule has 0 unspecified atom stereocenters. The van der Waals surface area contributed by atoms with E-state index in [0.29, 0.717) is 0 Å². The molecule has 20 aromatic rings. The van der Waals surface area contributed by atoms with Gasteiger partial charge in [0.2, 0.25) is 0 Å². The highest BCUT2D eigenvalue weighted by molar-refractivity contribution is 7.26. The Kier molecular flexibility index (Phi) is 16.5. The normalized spacial score (nSPS) is 14.5. The molecule has 0 atom stereocenters. The zero-order valence-corrected chi connectivity index (χ0v) is 70.3. The quantitative estimate of drug-likeness (QED) is 0.155. The zero-order chi connectivity index (χ0) is 82.1. The van der Waals surface area contributed by atoms with Crippen LogP contribution >= 0.6 is 11.3 Å². The summed E-state index contributed by atoms with van der Waals surface area (Å²) in [5.74, 6) is 0. The Morgan fingerprint density at radius 3 is 1.06 bits per heavy atom. The number of thiophene rings is 1. The fourth-order valence-corrected chi connectivity index (χ4v) is 23.4. The van der Waals surface area contributed by atoms with E-state index in [2.05, 4.69) is 444 Å². The number of fused-ring (bicyclic) bond motifs is 31. The number of benzene rings is 18. The number of nitrogens with zero attached hydrogens (tertiary/aromatic N) is 3. The molecule has 0 saturated heterocycles. The fraction of sp³-hybridized carbons (Fsp3) is 0.0783. The summed E-state index contributed by atoms with van der Waals surface area (Å²) in [6, 6.07) is 147. The Morgan fingerprint density at radius 1 is 0.228 bits per heavy atom. The molecule has 0 bridgehead atoms. The third-order valence-electron chi connectivity index (χ3n) is 27.9. The van der Waals surface area contributed by atoms with E-state index in [0.717, 1.165) is 33.1 Å².